The van der Waals surface area contributed by atoms with E-state index in [9.17, 15) is 28.1 Å². The van der Waals surface area contributed by atoms with Gasteiger partial charge in [-0.15, -0.1) is 0 Å². The number of pyridine rings is 1. The number of nitro groups is 1. The smallest absolute Gasteiger partial charge is 0.434 e. The number of esters is 1. The molecule has 0 spiro atoms. The molecule has 0 saturated heterocycles. The molecule has 1 aromatic rings. The van der Waals surface area contributed by atoms with Gasteiger partial charge in [0, 0.05) is 6.07 Å². The van der Waals surface area contributed by atoms with Crippen molar-refractivity contribution in [2.75, 3.05) is 6.61 Å². The van der Waals surface area contributed by atoms with Crippen LogP contribution in [0.3, 0.4) is 0 Å². The zero-order valence-electron chi connectivity index (χ0n) is 9.02. The van der Waals surface area contributed by atoms with Crippen LogP contribution in [-0.2, 0) is 10.9 Å². The van der Waals surface area contributed by atoms with E-state index in [0.717, 1.165) is 0 Å². The highest BCUT2D eigenvalue weighted by Crippen LogP contribution is 2.32. The van der Waals surface area contributed by atoms with Crippen molar-refractivity contribution in [3.8, 4) is 0 Å². The molecule has 0 saturated carbocycles. The first kappa shape index (κ1) is 13.9. The summed E-state index contributed by atoms with van der Waals surface area (Å²) in [6, 6.07) is 0.494. The Labute approximate surface area is 98.5 Å². The molecule has 0 aliphatic heterocycles. The Bertz CT molecular complexity index is 487. The van der Waals surface area contributed by atoms with E-state index in [0.29, 0.717) is 12.3 Å². The minimum Gasteiger partial charge on any atom is -0.462 e. The zero-order chi connectivity index (χ0) is 13.9. The molecule has 1 heterocycles. The van der Waals surface area contributed by atoms with Crippen molar-refractivity contribution in [2.24, 2.45) is 0 Å². The quantitative estimate of drug-likeness (QED) is 0.474. The molecule has 0 amide bonds. The van der Waals surface area contributed by atoms with Crippen LogP contribution in [0.1, 0.15) is 23.0 Å². The van der Waals surface area contributed by atoms with Crippen LogP contribution in [0.25, 0.3) is 0 Å². The monoisotopic (exact) mass is 264 g/mol. The number of hydrogen-bond acceptors (Lipinski definition) is 5. The van der Waals surface area contributed by atoms with Crippen molar-refractivity contribution in [3.63, 3.8) is 0 Å². The second-order valence-corrected chi connectivity index (χ2v) is 3.07. The summed E-state index contributed by atoms with van der Waals surface area (Å²) in [5.74, 6) is -1.30. The van der Waals surface area contributed by atoms with E-state index in [1.165, 1.54) is 6.92 Å². The molecule has 0 atom stereocenters. The average Bonchev–Trinajstić information content (AvgIpc) is 2.27. The van der Waals surface area contributed by atoms with Gasteiger partial charge in [0.25, 0.3) is 5.69 Å². The molecule has 0 aromatic carbocycles. The number of nitrogens with zero attached hydrogens (tertiary/aromatic N) is 2. The lowest BCUT2D eigenvalue weighted by atomic mass is 10.1. The first-order valence-corrected chi connectivity index (χ1v) is 4.66. The Kier molecular flexibility index (Phi) is 3.84. The molecular formula is C9H7F3N2O4. The van der Waals surface area contributed by atoms with Gasteiger partial charge >= 0.3 is 12.1 Å². The number of carbonyl (C=O) groups excluding carboxylic acids is 1. The summed E-state index contributed by atoms with van der Waals surface area (Å²) in [7, 11) is 0. The van der Waals surface area contributed by atoms with Gasteiger partial charge < -0.3 is 4.74 Å². The van der Waals surface area contributed by atoms with Gasteiger partial charge in [-0.05, 0) is 6.92 Å². The SMILES string of the molecule is CCOC(=O)c1cc([N+](=O)[O-])cnc1C(F)(F)F. The minimum absolute atomic E-state index is 0.154. The highest BCUT2D eigenvalue weighted by Gasteiger charge is 2.38. The first-order valence-electron chi connectivity index (χ1n) is 4.66. The highest BCUT2D eigenvalue weighted by atomic mass is 19.4. The van der Waals surface area contributed by atoms with Gasteiger partial charge in [-0.2, -0.15) is 13.2 Å². The molecule has 6 nitrogen and oxygen atoms in total. The minimum atomic E-state index is -4.89. The Morgan fingerprint density at radius 3 is 2.61 bits per heavy atom. The Balaban J connectivity index is 3.36. The molecule has 0 radical (unpaired) electrons. The van der Waals surface area contributed by atoms with Crippen molar-refractivity contribution in [3.05, 3.63) is 33.6 Å². The van der Waals surface area contributed by atoms with E-state index in [1.54, 1.807) is 0 Å². The van der Waals surface area contributed by atoms with E-state index in [4.69, 9.17) is 0 Å². The van der Waals surface area contributed by atoms with Crippen molar-refractivity contribution >= 4 is 11.7 Å². The van der Waals surface area contributed by atoms with Gasteiger partial charge in [-0.25, -0.2) is 9.78 Å². The fourth-order valence-corrected chi connectivity index (χ4v) is 1.14. The molecule has 0 N–H and O–H groups in total. The number of aromatic nitrogens is 1. The fourth-order valence-electron chi connectivity index (χ4n) is 1.14. The van der Waals surface area contributed by atoms with Crippen molar-refractivity contribution in [1.82, 2.24) is 4.98 Å². The number of hydrogen-bond donors (Lipinski definition) is 0. The van der Waals surface area contributed by atoms with Crippen LogP contribution in [0.2, 0.25) is 0 Å². The Morgan fingerprint density at radius 2 is 2.17 bits per heavy atom. The fraction of sp³-hybridized carbons (Fsp3) is 0.333. The maximum atomic E-state index is 12.5. The van der Waals surface area contributed by atoms with Crippen molar-refractivity contribution in [1.29, 1.82) is 0 Å². The molecule has 0 fully saturated rings. The molecule has 9 heteroatoms. The van der Waals surface area contributed by atoms with Gasteiger partial charge in [-0.1, -0.05) is 0 Å². The standard InChI is InChI=1S/C9H7F3N2O4/c1-2-18-8(15)6-3-5(14(16)17)4-13-7(6)9(10,11)12/h3-4H,2H2,1H3. The summed E-state index contributed by atoms with van der Waals surface area (Å²) in [6.07, 6.45) is -4.46. The highest BCUT2D eigenvalue weighted by molar-refractivity contribution is 5.91. The van der Waals surface area contributed by atoms with Crippen LogP contribution in [-0.4, -0.2) is 22.5 Å². The van der Waals surface area contributed by atoms with Crippen LogP contribution < -0.4 is 0 Å². The molecule has 1 aromatic heterocycles. The second kappa shape index (κ2) is 4.98. The third-order valence-electron chi connectivity index (χ3n) is 1.85. The molecule has 0 aliphatic carbocycles. The predicted octanol–water partition coefficient (Wildman–Crippen LogP) is 2.19. The van der Waals surface area contributed by atoms with Gasteiger partial charge in [0.1, 0.15) is 6.20 Å². The van der Waals surface area contributed by atoms with Crippen LogP contribution in [0.15, 0.2) is 12.3 Å². The van der Waals surface area contributed by atoms with Gasteiger partial charge in [0.05, 0.1) is 17.1 Å². The Hall–Kier alpha value is -2.19. The van der Waals surface area contributed by atoms with Crippen LogP contribution >= 0.6 is 0 Å². The summed E-state index contributed by atoms with van der Waals surface area (Å²) >= 11 is 0. The number of alkyl halides is 3. The second-order valence-electron chi connectivity index (χ2n) is 3.07. The molecule has 98 valence electrons. The summed E-state index contributed by atoms with van der Waals surface area (Å²) in [6.45, 7) is 1.24. The zero-order valence-corrected chi connectivity index (χ0v) is 9.02. The third-order valence-corrected chi connectivity index (χ3v) is 1.85. The van der Waals surface area contributed by atoms with Crippen LogP contribution in [0.5, 0.6) is 0 Å². The lowest BCUT2D eigenvalue weighted by molar-refractivity contribution is -0.385. The molecule has 0 bridgehead atoms. The first-order chi connectivity index (χ1) is 8.27. The maximum Gasteiger partial charge on any atom is 0.434 e. The number of ether oxygens (including phenoxy) is 1. The number of carbonyl (C=O) groups is 1. The predicted molar refractivity (Wildman–Crippen MR) is 51.8 cm³/mol. The lowest BCUT2D eigenvalue weighted by Crippen LogP contribution is -2.17. The van der Waals surface area contributed by atoms with Gasteiger partial charge in [-0.3, -0.25) is 10.1 Å². The summed E-state index contributed by atoms with van der Waals surface area (Å²) < 4.78 is 42.0. The topological polar surface area (TPSA) is 82.3 Å². The summed E-state index contributed by atoms with van der Waals surface area (Å²) in [4.78, 5) is 23.7. The van der Waals surface area contributed by atoms with E-state index in [1.807, 2.05) is 0 Å². The van der Waals surface area contributed by atoms with Gasteiger partial charge in [0.2, 0.25) is 0 Å². The van der Waals surface area contributed by atoms with E-state index >= 15 is 0 Å². The van der Waals surface area contributed by atoms with Crippen LogP contribution in [0, 0.1) is 10.1 Å². The normalized spacial score (nSPS) is 11.1. The maximum absolute atomic E-state index is 12.5. The summed E-state index contributed by atoms with van der Waals surface area (Å²) in [5, 5.41) is 10.4. The summed E-state index contributed by atoms with van der Waals surface area (Å²) in [5.41, 5.74) is -3.20. The molecule has 18 heavy (non-hydrogen) atoms. The molecule has 0 unspecified atom stereocenters. The average molecular weight is 264 g/mol. The molecule has 1 rings (SSSR count). The van der Waals surface area contributed by atoms with Crippen LogP contribution in [0.4, 0.5) is 18.9 Å². The van der Waals surface area contributed by atoms with Crippen molar-refractivity contribution < 1.29 is 27.6 Å². The van der Waals surface area contributed by atoms with E-state index in [2.05, 4.69) is 9.72 Å². The number of halogens is 3. The number of rotatable bonds is 3. The van der Waals surface area contributed by atoms with E-state index in [-0.39, 0.29) is 6.61 Å². The lowest BCUT2D eigenvalue weighted by Gasteiger charge is -2.10. The largest absolute Gasteiger partial charge is 0.462 e. The molecule has 0 aliphatic rings. The van der Waals surface area contributed by atoms with E-state index < -0.39 is 34.0 Å². The van der Waals surface area contributed by atoms with Crippen molar-refractivity contribution in [2.45, 2.75) is 13.1 Å². The Morgan fingerprint density at radius 1 is 1.56 bits per heavy atom. The third kappa shape index (κ3) is 2.93. The molecular weight excluding hydrogens is 257 g/mol. The van der Waals surface area contributed by atoms with Gasteiger partial charge in [0.15, 0.2) is 5.69 Å².